The number of ether oxygens (including phenoxy) is 1. The summed E-state index contributed by atoms with van der Waals surface area (Å²) in [5, 5.41) is 1.06. The normalized spacial score (nSPS) is 17.3. The lowest BCUT2D eigenvalue weighted by atomic mass is 10.1. The highest BCUT2D eigenvalue weighted by atomic mass is 16.5. The first-order valence-corrected chi connectivity index (χ1v) is 7.14. The van der Waals surface area contributed by atoms with Crippen molar-refractivity contribution >= 4 is 16.6 Å². The number of hydrogen-bond donors (Lipinski definition) is 1. The average molecular weight is 256 g/mol. The van der Waals surface area contributed by atoms with Gasteiger partial charge in [-0.15, -0.1) is 0 Å². The largest absolute Gasteiger partial charge is 0.474 e. The molecule has 2 N–H and O–H groups in total. The maximum Gasteiger partial charge on any atom is 0.214 e. The van der Waals surface area contributed by atoms with Gasteiger partial charge in [0.15, 0.2) is 0 Å². The first-order valence-electron chi connectivity index (χ1n) is 7.14. The van der Waals surface area contributed by atoms with Crippen molar-refractivity contribution in [2.75, 3.05) is 5.73 Å². The molecular formula is C16H20N2O. The third-order valence-electron chi connectivity index (χ3n) is 3.78. The van der Waals surface area contributed by atoms with Crippen LogP contribution < -0.4 is 10.5 Å². The van der Waals surface area contributed by atoms with Crippen LogP contribution in [0.1, 0.15) is 38.5 Å². The van der Waals surface area contributed by atoms with Crippen molar-refractivity contribution < 1.29 is 4.74 Å². The number of pyridine rings is 1. The van der Waals surface area contributed by atoms with Crippen molar-refractivity contribution in [1.29, 1.82) is 0 Å². The Kier molecular flexibility index (Phi) is 3.53. The van der Waals surface area contributed by atoms with Gasteiger partial charge in [0.25, 0.3) is 0 Å². The van der Waals surface area contributed by atoms with Gasteiger partial charge in [-0.25, -0.2) is 4.98 Å². The number of nitrogens with zero attached hydrogens (tertiary/aromatic N) is 1. The van der Waals surface area contributed by atoms with Crippen molar-refractivity contribution in [3.63, 3.8) is 0 Å². The van der Waals surface area contributed by atoms with E-state index in [9.17, 15) is 0 Å². The summed E-state index contributed by atoms with van der Waals surface area (Å²) in [4.78, 5) is 4.56. The van der Waals surface area contributed by atoms with Gasteiger partial charge in [-0.3, -0.25) is 0 Å². The van der Waals surface area contributed by atoms with Gasteiger partial charge in [0.2, 0.25) is 5.88 Å². The molecule has 1 fully saturated rings. The molecule has 100 valence electrons. The fourth-order valence-electron chi connectivity index (χ4n) is 2.72. The molecule has 0 amide bonds. The molecule has 2 aromatic rings. The minimum absolute atomic E-state index is 0.334. The van der Waals surface area contributed by atoms with Crippen LogP contribution in [0.5, 0.6) is 5.88 Å². The van der Waals surface area contributed by atoms with Gasteiger partial charge >= 0.3 is 0 Å². The zero-order chi connectivity index (χ0) is 13.1. The summed E-state index contributed by atoms with van der Waals surface area (Å²) >= 11 is 0. The molecule has 0 unspecified atom stereocenters. The zero-order valence-electron chi connectivity index (χ0n) is 11.1. The predicted molar refractivity (Wildman–Crippen MR) is 78.3 cm³/mol. The van der Waals surface area contributed by atoms with E-state index < -0.39 is 0 Å². The Morgan fingerprint density at radius 1 is 1.00 bits per heavy atom. The van der Waals surface area contributed by atoms with Crippen molar-refractivity contribution in [2.45, 2.75) is 44.6 Å². The van der Waals surface area contributed by atoms with E-state index in [0.29, 0.717) is 6.10 Å². The summed E-state index contributed by atoms with van der Waals surface area (Å²) < 4.78 is 6.03. The Morgan fingerprint density at radius 2 is 1.79 bits per heavy atom. The predicted octanol–water partition coefficient (Wildman–Crippen LogP) is 3.92. The molecule has 0 aliphatic heterocycles. The summed E-state index contributed by atoms with van der Waals surface area (Å²) in [5.41, 5.74) is 7.48. The van der Waals surface area contributed by atoms with Crippen LogP contribution in [0.25, 0.3) is 10.9 Å². The van der Waals surface area contributed by atoms with Crippen LogP contribution in [0.4, 0.5) is 5.69 Å². The van der Waals surface area contributed by atoms with Crippen LogP contribution in [-0.2, 0) is 0 Å². The van der Waals surface area contributed by atoms with Gasteiger partial charge in [0, 0.05) is 17.1 Å². The van der Waals surface area contributed by atoms with E-state index in [1.54, 1.807) is 0 Å². The number of nitrogen functional groups attached to an aromatic ring is 1. The second kappa shape index (κ2) is 5.47. The van der Waals surface area contributed by atoms with E-state index in [4.69, 9.17) is 10.5 Å². The number of hydrogen-bond acceptors (Lipinski definition) is 3. The van der Waals surface area contributed by atoms with E-state index in [2.05, 4.69) is 4.98 Å². The highest BCUT2D eigenvalue weighted by molar-refractivity contribution is 5.82. The molecule has 0 bridgehead atoms. The Labute approximate surface area is 113 Å². The third kappa shape index (κ3) is 2.98. The van der Waals surface area contributed by atoms with Crippen LogP contribution in [0, 0.1) is 0 Å². The molecule has 1 aliphatic rings. The Balaban J connectivity index is 1.78. The lowest BCUT2D eigenvalue weighted by Gasteiger charge is -2.16. The molecule has 0 spiro atoms. The Hall–Kier alpha value is -1.77. The standard InChI is InChI=1S/C16H20N2O/c17-13-8-9-15-12(11-13)7-10-16(18-15)19-14-5-3-1-2-4-6-14/h7-11,14H,1-6,17H2. The third-order valence-corrected chi connectivity index (χ3v) is 3.78. The van der Waals surface area contributed by atoms with Crippen LogP contribution in [0.15, 0.2) is 30.3 Å². The van der Waals surface area contributed by atoms with Gasteiger partial charge in [0.05, 0.1) is 5.52 Å². The van der Waals surface area contributed by atoms with Crippen LogP contribution in [0.2, 0.25) is 0 Å². The molecule has 1 saturated carbocycles. The highest BCUT2D eigenvalue weighted by Crippen LogP contribution is 2.24. The monoisotopic (exact) mass is 256 g/mol. The van der Waals surface area contributed by atoms with Gasteiger partial charge in [-0.2, -0.15) is 0 Å². The fraction of sp³-hybridized carbons (Fsp3) is 0.438. The Bertz CT molecular complexity index is 560. The first kappa shape index (κ1) is 12.3. The zero-order valence-corrected chi connectivity index (χ0v) is 11.1. The van der Waals surface area contributed by atoms with Gasteiger partial charge in [-0.05, 0) is 49.9 Å². The molecule has 1 aromatic carbocycles. The molecule has 3 heteroatoms. The molecule has 1 heterocycles. The second-order valence-electron chi connectivity index (χ2n) is 5.33. The summed E-state index contributed by atoms with van der Waals surface area (Å²) in [5.74, 6) is 0.740. The maximum atomic E-state index is 6.03. The summed E-state index contributed by atoms with van der Waals surface area (Å²) in [6, 6.07) is 9.75. The fourth-order valence-corrected chi connectivity index (χ4v) is 2.72. The van der Waals surface area contributed by atoms with Gasteiger partial charge in [-0.1, -0.05) is 12.8 Å². The van der Waals surface area contributed by atoms with E-state index in [1.807, 2.05) is 30.3 Å². The molecule has 3 nitrogen and oxygen atoms in total. The highest BCUT2D eigenvalue weighted by Gasteiger charge is 2.14. The quantitative estimate of drug-likeness (QED) is 0.654. The minimum atomic E-state index is 0.334. The lowest BCUT2D eigenvalue weighted by Crippen LogP contribution is -2.15. The molecule has 1 aromatic heterocycles. The molecular weight excluding hydrogens is 236 g/mol. The number of anilines is 1. The van der Waals surface area contributed by atoms with E-state index >= 15 is 0 Å². The van der Waals surface area contributed by atoms with Crippen LogP contribution in [-0.4, -0.2) is 11.1 Å². The van der Waals surface area contributed by atoms with Crippen molar-refractivity contribution in [2.24, 2.45) is 0 Å². The van der Waals surface area contributed by atoms with Crippen LogP contribution >= 0.6 is 0 Å². The lowest BCUT2D eigenvalue weighted by molar-refractivity contribution is 0.177. The van der Waals surface area contributed by atoms with Crippen LogP contribution in [0.3, 0.4) is 0 Å². The van der Waals surface area contributed by atoms with Crippen molar-refractivity contribution in [3.05, 3.63) is 30.3 Å². The van der Waals surface area contributed by atoms with E-state index in [1.165, 1.54) is 25.7 Å². The molecule has 3 rings (SSSR count). The number of rotatable bonds is 2. The SMILES string of the molecule is Nc1ccc2nc(OC3CCCCCC3)ccc2c1. The topological polar surface area (TPSA) is 48.1 Å². The van der Waals surface area contributed by atoms with Crippen molar-refractivity contribution in [3.8, 4) is 5.88 Å². The average Bonchev–Trinajstić information content (AvgIpc) is 2.68. The number of aromatic nitrogens is 1. The first-order chi connectivity index (χ1) is 9.31. The Morgan fingerprint density at radius 3 is 2.58 bits per heavy atom. The number of benzene rings is 1. The number of nitrogens with two attached hydrogens (primary N) is 1. The molecule has 0 radical (unpaired) electrons. The minimum Gasteiger partial charge on any atom is -0.474 e. The van der Waals surface area contributed by atoms with Crippen molar-refractivity contribution in [1.82, 2.24) is 4.98 Å². The molecule has 0 saturated heterocycles. The molecule has 1 aliphatic carbocycles. The van der Waals surface area contributed by atoms with Gasteiger partial charge < -0.3 is 10.5 Å². The molecule has 0 atom stereocenters. The molecule has 19 heavy (non-hydrogen) atoms. The second-order valence-corrected chi connectivity index (χ2v) is 5.33. The summed E-state index contributed by atoms with van der Waals surface area (Å²) in [7, 11) is 0. The number of fused-ring (bicyclic) bond motifs is 1. The summed E-state index contributed by atoms with van der Waals surface area (Å²) in [6.07, 6.45) is 7.86. The smallest absolute Gasteiger partial charge is 0.214 e. The summed E-state index contributed by atoms with van der Waals surface area (Å²) in [6.45, 7) is 0. The maximum absolute atomic E-state index is 6.03. The van der Waals surface area contributed by atoms with Gasteiger partial charge in [0.1, 0.15) is 6.10 Å². The van der Waals surface area contributed by atoms with E-state index in [-0.39, 0.29) is 0 Å². The van der Waals surface area contributed by atoms with E-state index in [0.717, 1.165) is 35.3 Å².